The maximum absolute atomic E-state index is 12.7. The van der Waals surface area contributed by atoms with Crippen LogP contribution in [0.2, 0.25) is 0 Å². The van der Waals surface area contributed by atoms with E-state index >= 15 is 0 Å². The average Bonchev–Trinajstić information content (AvgIpc) is 3.26. The molecule has 0 radical (unpaired) electrons. The maximum atomic E-state index is 12.7. The van der Waals surface area contributed by atoms with E-state index in [1.165, 1.54) is 95.6 Å². The van der Waals surface area contributed by atoms with E-state index in [1.54, 1.807) is 0 Å². The molecule has 7 atom stereocenters. The van der Waals surface area contributed by atoms with E-state index in [-0.39, 0.29) is 5.91 Å². The first kappa shape index (κ1) is 32.2. The molecule has 4 fully saturated rings. The van der Waals surface area contributed by atoms with Gasteiger partial charge < -0.3 is 10.2 Å². The van der Waals surface area contributed by atoms with Crippen molar-refractivity contribution in [2.45, 2.75) is 155 Å². The summed E-state index contributed by atoms with van der Waals surface area (Å²) < 4.78 is 0. The standard InChI is InChI=1S/C35H62N2O2S/c1-26(2)40-24-14-12-10-8-6-7-9-11-13-15-32(38)36-25-27-16-18-29-28-17-19-31-35(4,23-21-33(39)37(31)5)30(28)20-22-34(27,29)3/h26-31H,6-25H2,1-5H3,(H,36,38)/t27-,28+,29+,30+,31-,34-,35-/m1/s1. The van der Waals surface area contributed by atoms with E-state index in [9.17, 15) is 9.59 Å². The second kappa shape index (κ2) is 14.6. The molecule has 3 aliphatic carbocycles. The molecule has 2 amide bonds. The van der Waals surface area contributed by atoms with Crippen LogP contribution in [0.25, 0.3) is 0 Å². The molecule has 40 heavy (non-hydrogen) atoms. The summed E-state index contributed by atoms with van der Waals surface area (Å²) in [5, 5.41) is 4.15. The van der Waals surface area contributed by atoms with E-state index in [0.29, 0.717) is 35.1 Å². The van der Waals surface area contributed by atoms with Gasteiger partial charge in [0.15, 0.2) is 0 Å². The van der Waals surface area contributed by atoms with Crippen molar-refractivity contribution in [1.82, 2.24) is 10.2 Å². The summed E-state index contributed by atoms with van der Waals surface area (Å²) in [5.41, 5.74) is 0.674. The molecule has 4 aliphatic rings. The lowest BCUT2D eigenvalue weighted by Crippen LogP contribution is -2.61. The van der Waals surface area contributed by atoms with Crippen LogP contribution < -0.4 is 5.32 Å². The zero-order valence-corrected chi connectivity index (χ0v) is 27.6. The second-order valence-electron chi connectivity index (χ2n) is 15.0. The van der Waals surface area contributed by atoms with Gasteiger partial charge in [0.05, 0.1) is 0 Å². The number of likely N-dealkylation sites (tertiary alicyclic amines) is 1. The number of hydrogen-bond acceptors (Lipinski definition) is 3. The number of nitrogens with one attached hydrogen (secondary N) is 1. The first-order chi connectivity index (χ1) is 19.2. The molecule has 1 aliphatic heterocycles. The minimum atomic E-state index is 0.280. The summed E-state index contributed by atoms with van der Waals surface area (Å²) in [5.74, 6) is 4.97. The molecule has 1 heterocycles. The smallest absolute Gasteiger partial charge is 0.222 e. The molecule has 0 aromatic rings. The predicted molar refractivity (Wildman–Crippen MR) is 170 cm³/mol. The van der Waals surface area contributed by atoms with Crippen molar-refractivity contribution in [3.05, 3.63) is 0 Å². The van der Waals surface area contributed by atoms with Gasteiger partial charge in [0, 0.05) is 32.5 Å². The van der Waals surface area contributed by atoms with Crippen LogP contribution in [-0.2, 0) is 9.59 Å². The van der Waals surface area contributed by atoms with Crippen LogP contribution in [0.1, 0.15) is 143 Å². The fourth-order valence-corrected chi connectivity index (χ4v) is 10.7. The van der Waals surface area contributed by atoms with Crippen molar-refractivity contribution in [1.29, 1.82) is 0 Å². The lowest BCUT2D eigenvalue weighted by Gasteiger charge is -2.61. The van der Waals surface area contributed by atoms with Crippen LogP contribution in [-0.4, -0.2) is 47.4 Å². The van der Waals surface area contributed by atoms with Crippen LogP contribution in [0, 0.1) is 34.5 Å². The quantitative estimate of drug-likeness (QED) is 0.199. The van der Waals surface area contributed by atoms with E-state index in [0.717, 1.165) is 48.8 Å². The Bertz CT molecular complexity index is 832. The van der Waals surface area contributed by atoms with Gasteiger partial charge in [-0.25, -0.2) is 0 Å². The number of thioether (sulfide) groups is 1. The molecule has 5 heteroatoms. The lowest BCUT2D eigenvalue weighted by atomic mass is 9.47. The van der Waals surface area contributed by atoms with Crippen LogP contribution in [0.4, 0.5) is 0 Å². The molecule has 3 saturated carbocycles. The summed E-state index contributed by atoms with van der Waals surface area (Å²) in [6, 6.07) is 0.444. The molecule has 0 aromatic heterocycles. The molecule has 1 saturated heterocycles. The molecular weight excluding hydrogens is 512 g/mol. The molecule has 230 valence electrons. The second-order valence-corrected chi connectivity index (χ2v) is 16.6. The Labute approximate surface area is 251 Å². The highest BCUT2D eigenvalue weighted by molar-refractivity contribution is 7.99. The van der Waals surface area contributed by atoms with Gasteiger partial charge in [-0.3, -0.25) is 9.59 Å². The van der Waals surface area contributed by atoms with Crippen LogP contribution >= 0.6 is 11.8 Å². The number of carbonyl (C=O) groups excluding carboxylic acids is 2. The Morgan fingerprint density at radius 2 is 1.52 bits per heavy atom. The lowest BCUT2D eigenvalue weighted by molar-refractivity contribution is -0.158. The van der Waals surface area contributed by atoms with E-state index in [2.05, 4.69) is 56.7 Å². The van der Waals surface area contributed by atoms with Crippen LogP contribution in [0.5, 0.6) is 0 Å². The third kappa shape index (κ3) is 7.43. The fraction of sp³-hybridized carbons (Fsp3) is 0.943. The first-order valence-electron chi connectivity index (χ1n) is 17.3. The van der Waals surface area contributed by atoms with Gasteiger partial charge in [-0.1, -0.05) is 72.6 Å². The van der Waals surface area contributed by atoms with Gasteiger partial charge in [-0.2, -0.15) is 11.8 Å². The predicted octanol–water partition coefficient (Wildman–Crippen LogP) is 8.62. The minimum absolute atomic E-state index is 0.280. The number of nitrogens with zero attached hydrogens (tertiary/aromatic N) is 1. The Morgan fingerprint density at radius 3 is 2.23 bits per heavy atom. The number of unbranched alkanes of at least 4 members (excludes halogenated alkanes) is 8. The van der Waals surface area contributed by atoms with E-state index in [1.807, 2.05) is 0 Å². The Balaban J connectivity index is 1.11. The summed E-state index contributed by atoms with van der Waals surface area (Å²) in [6.07, 6.45) is 22.0. The van der Waals surface area contributed by atoms with E-state index in [4.69, 9.17) is 0 Å². The van der Waals surface area contributed by atoms with Crippen molar-refractivity contribution in [3.8, 4) is 0 Å². The van der Waals surface area contributed by atoms with Gasteiger partial charge in [0.2, 0.25) is 11.8 Å². The average molecular weight is 575 g/mol. The number of carbonyl (C=O) groups is 2. The number of hydrogen-bond donors (Lipinski definition) is 1. The molecule has 0 bridgehead atoms. The number of amides is 2. The van der Waals surface area contributed by atoms with Crippen molar-refractivity contribution < 1.29 is 9.59 Å². The Hall–Kier alpha value is -0.710. The zero-order valence-electron chi connectivity index (χ0n) is 26.8. The fourth-order valence-electron chi connectivity index (χ4n) is 9.86. The summed E-state index contributed by atoms with van der Waals surface area (Å²) in [4.78, 5) is 27.2. The molecule has 4 nitrogen and oxygen atoms in total. The van der Waals surface area contributed by atoms with Gasteiger partial charge in [0.1, 0.15) is 0 Å². The summed E-state index contributed by atoms with van der Waals surface area (Å²) >= 11 is 2.09. The van der Waals surface area contributed by atoms with Gasteiger partial charge in [0.25, 0.3) is 0 Å². The SMILES string of the molecule is CC(C)SCCCCCCCCCCCC(=O)NC[C@H]1CC[C@H]2[C@@H]3CC[C@H]4N(C)C(=O)CC[C@]4(C)[C@H]3CC[C@]12C. The van der Waals surface area contributed by atoms with Crippen molar-refractivity contribution >= 4 is 23.6 Å². The highest BCUT2D eigenvalue weighted by atomic mass is 32.2. The maximum Gasteiger partial charge on any atom is 0.222 e. The molecular formula is C35H62N2O2S. The largest absolute Gasteiger partial charge is 0.356 e. The normalized spacial score (nSPS) is 35.4. The van der Waals surface area contributed by atoms with Gasteiger partial charge in [-0.05, 0) is 103 Å². The number of rotatable bonds is 15. The molecule has 0 unspecified atom stereocenters. The third-order valence-corrected chi connectivity index (χ3v) is 13.5. The zero-order chi connectivity index (χ0) is 28.8. The van der Waals surface area contributed by atoms with Crippen molar-refractivity contribution in [2.75, 3.05) is 19.3 Å². The highest BCUT2D eigenvalue weighted by Crippen LogP contribution is 2.66. The third-order valence-electron chi connectivity index (χ3n) is 12.3. The highest BCUT2D eigenvalue weighted by Gasteiger charge is 2.60. The Kier molecular flexibility index (Phi) is 11.8. The molecule has 1 N–H and O–H groups in total. The topological polar surface area (TPSA) is 49.4 Å². The van der Waals surface area contributed by atoms with Crippen molar-refractivity contribution in [3.63, 3.8) is 0 Å². The summed E-state index contributed by atoms with van der Waals surface area (Å²) in [7, 11) is 2.06. The van der Waals surface area contributed by atoms with Gasteiger partial charge >= 0.3 is 0 Å². The number of fused-ring (bicyclic) bond motifs is 5. The first-order valence-corrected chi connectivity index (χ1v) is 18.4. The van der Waals surface area contributed by atoms with E-state index < -0.39 is 0 Å². The van der Waals surface area contributed by atoms with Crippen LogP contribution in [0.15, 0.2) is 0 Å². The number of piperidine rings is 1. The monoisotopic (exact) mass is 574 g/mol. The molecule has 0 spiro atoms. The van der Waals surface area contributed by atoms with Crippen molar-refractivity contribution in [2.24, 2.45) is 34.5 Å². The summed E-state index contributed by atoms with van der Waals surface area (Å²) in [6.45, 7) is 10.5. The van der Waals surface area contributed by atoms with Gasteiger partial charge in [-0.15, -0.1) is 0 Å². The minimum Gasteiger partial charge on any atom is -0.356 e. The molecule has 4 rings (SSSR count). The Morgan fingerprint density at radius 1 is 0.875 bits per heavy atom. The molecule has 0 aromatic carbocycles. The van der Waals surface area contributed by atoms with Crippen LogP contribution in [0.3, 0.4) is 0 Å².